The first-order valence-corrected chi connectivity index (χ1v) is 9.81. The number of carboxylic acids is 1. The number of fused-ring (bicyclic) bond motifs is 1. The van der Waals surface area contributed by atoms with E-state index in [0.717, 1.165) is 13.0 Å². The van der Waals surface area contributed by atoms with Gasteiger partial charge in [-0.3, -0.25) is 9.59 Å². The first kappa shape index (κ1) is 20.8. The minimum absolute atomic E-state index is 0.0401. The van der Waals surface area contributed by atoms with E-state index in [1.165, 1.54) is 16.9 Å². The molecule has 1 aromatic carbocycles. The normalized spacial score (nSPS) is 20.0. The number of aromatic nitrogens is 3. The minimum atomic E-state index is -1.41. The van der Waals surface area contributed by atoms with Gasteiger partial charge in [0.25, 0.3) is 5.91 Å². The number of carbonyl (C=O) groups is 3. The van der Waals surface area contributed by atoms with E-state index in [-0.39, 0.29) is 41.9 Å². The molecule has 0 aliphatic carbocycles. The first-order valence-electron chi connectivity index (χ1n) is 9.81. The predicted octanol–water partition coefficient (Wildman–Crippen LogP) is -1.79. The molecule has 3 heterocycles. The number of nitrogens with zero attached hydrogens (tertiary/aromatic N) is 3. The molecule has 2 aliphatic rings. The molecule has 0 radical (unpaired) electrons. The third-order valence-electron chi connectivity index (χ3n) is 5.17. The molecule has 5 N–H and O–H groups in total. The van der Waals surface area contributed by atoms with Gasteiger partial charge in [0, 0.05) is 12.6 Å². The number of nitrogens with one attached hydrogen (secondary N) is 3. The molecule has 162 valence electrons. The van der Waals surface area contributed by atoms with Crippen LogP contribution in [0.4, 0.5) is 0 Å². The molecule has 0 saturated carbocycles. The molecule has 1 fully saturated rings. The summed E-state index contributed by atoms with van der Waals surface area (Å²) in [5.41, 5.74) is 0.621. The Hall–Kier alpha value is -3.45. The number of hydrogen-bond donors (Lipinski definition) is 5. The Morgan fingerprint density at radius 2 is 2.16 bits per heavy atom. The van der Waals surface area contributed by atoms with Gasteiger partial charge in [0.2, 0.25) is 5.91 Å². The molecule has 1 aromatic heterocycles. The summed E-state index contributed by atoms with van der Waals surface area (Å²) in [7, 11) is -1.41. The molecular formula is C18H21BN6O6. The highest BCUT2D eigenvalue weighted by Gasteiger charge is 2.37. The molecule has 2 aromatic rings. The fraction of sp³-hybridized carbons (Fsp3) is 0.389. The third-order valence-corrected chi connectivity index (χ3v) is 5.17. The molecule has 12 nitrogen and oxygen atoms in total. The largest absolute Gasteiger partial charge is 0.547 e. The van der Waals surface area contributed by atoms with Crippen LogP contribution in [-0.4, -0.2) is 75.1 Å². The van der Waals surface area contributed by atoms with Crippen molar-refractivity contribution < 1.29 is 29.2 Å². The van der Waals surface area contributed by atoms with Crippen molar-refractivity contribution in [2.24, 2.45) is 0 Å². The Morgan fingerprint density at radius 3 is 2.90 bits per heavy atom. The van der Waals surface area contributed by atoms with E-state index in [1.807, 2.05) is 0 Å². The molecule has 4 rings (SSSR count). The number of carbonyl (C=O) groups excluding carboxylic acids is 2. The highest BCUT2D eigenvalue weighted by atomic mass is 16.5. The standard InChI is InChI=1S/C18H21BN6O6/c26-15(9-25-8-13(23-24-25)17(27)21-11-4-5-20-7-11)22-14-6-10-2-1-3-12(18(28)29)16(10)31-19(14)30/h1-3,8,11,14,20,30H,4-7,9H2,(H,21,27)(H,22,26)(H,28,29). The van der Waals surface area contributed by atoms with Crippen molar-refractivity contribution in [3.63, 3.8) is 0 Å². The molecule has 1 saturated heterocycles. The van der Waals surface area contributed by atoms with Crippen molar-refractivity contribution >= 4 is 24.9 Å². The van der Waals surface area contributed by atoms with Crippen LogP contribution in [0, 0.1) is 0 Å². The van der Waals surface area contributed by atoms with Crippen molar-refractivity contribution in [3.8, 4) is 5.75 Å². The van der Waals surface area contributed by atoms with Gasteiger partial charge in [0.05, 0.1) is 17.7 Å². The highest BCUT2D eigenvalue weighted by Crippen LogP contribution is 2.30. The monoisotopic (exact) mass is 428 g/mol. The summed E-state index contributed by atoms with van der Waals surface area (Å²) in [5.74, 6) is -2.67. The second-order valence-corrected chi connectivity index (χ2v) is 7.45. The summed E-state index contributed by atoms with van der Waals surface area (Å²) in [6.45, 7) is 1.33. The van der Waals surface area contributed by atoms with Crippen LogP contribution < -0.4 is 20.6 Å². The van der Waals surface area contributed by atoms with E-state index in [0.29, 0.717) is 12.1 Å². The minimum Gasteiger partial charge on any atom is -0.534 e. The van der Waals surface area contributed by atoms with Gasteiger partial charge in [-0.2, -0.15) is 0 Å². The summed E-state index contributed by atoms with van der Waals surface area (Å²) in [5, 5.41) is 35.7. The van der Waals surface area contributed by atoms with E-state index in [2.05, 4.69) is 26.3 Å². The average molecular weight is 428 g/mol. The molecule has 13 heteroatoms. The number of amides is 2. The van der Waals surface area contributed by atoms with Gasteiger partial charge in [-0.15, -0.1) is 5.10 Å². The second-order valence-electron chi connectivity index (χ2n) is 7.45. The second kappa shape index (κ2) is 8.74. The van der Waals surface area contributed by atoms with E-state index < -0.39 is 24.9 Å². The molecular weight excluding hydrogens is 407 g/mol. The third kappa shape index (κ3) is 4.67. The lowest BCUT2D eigenvalue weighted by atomic mass is 9.72. The van der Waals surface area contributed by atoms with Crippen molar-refractivity contribution in [1.82, 2.24) is 30.9 Å². The number of para-hydroxylation sites is 1. The lowest BCUT2D eigenvalue weighted by Crippen LogP contribution is -2.53. The van der Waals surface area contributed by atoms with Gasteiger partial charge in [-0.05, 0) is 31.0 Å². The zero-order chi connectivity index (χ0) is 22.0. The van der Waals surface area contributed by atoms with Crippen molar-refractivity contribution in [1.29, 1.82) is 0 Å². The maximum Gasteiger partial charge on any atom is 0.547 e. The van der Waals surface area contributed by atoms with Crippen LogP contribution >= 0.6 is 0 Å². The van der Waals surface area contributed by atoms with E-state index >= 15 is 0 Å². The number of rotatable bonds is 6. The maximum absolute atomic E-state index is 12.4. The van der Waals surface area contributed by atoms with Crippen LogP contribution in [0.2, 0.25) is 0 Å². The summed E-state index contributed by atoms with van der Waals surface area (Å²) in [4.78, 5) is 35.9. The Morgan fingerprint density at radius 1 is 1.32 bits per heavy atom. The van der Waals surface area contributed by atoms with Crippen LogP contribution in [0.25, 0.3) is 0 Å². The number of benzene rings is 1. The van der Waals surface area contributed by atoms with Crippen LogP contribution in [0.1, 0.15) is 32.8 Å². The Bertz CT molecular complexity index is 1010. The SMILES string of the molecule is O=C(Cn1cc(C(=O)NC2CCNC2)nn1)NC1Cc2cccc(C(=O)O)c2OB1O. The van der Waals surface area contributed by atoms with E-state index in [1.54, 1.807) is 12.1 Å². The predicted molar refractivity (Wildman–Crippen MR) is 106 cm³/mol. The molecule has 2 amide bonds. The molecule has 2 unspecified atom stereocenters. The van der Waals surface area contributed by atoms with Gasteiger partial charge in [-0.25, -0.2) is 9.48 Å². The van der Waals surface area contributed by atoms with Gasteiger partial charge in [0.1, 0.15) is 12.3 Å². The number of aromatic carboxylic acids is 1. The average Bonchev–Trinajstić information content (AvgIpc) is 3.40. The van der Waals surface area contributed by atoms with Gasteiger partial charge < -0.3 is 30.7 Å². The van der Waals surface area contributed by atoms with E-state index in [9.17, 15) is 24.5 Å². The molecule has 2 aliphatic heterocycles. The van der Waals surface area contributed by atoms with Crippen molar-refractivity contribution in [2.45, 2.75) is 31.4 Å². The number of hydrogen-bond acceptors (Lipinski definition) is 8. The molecule has 31 heavy (non-hydrogen) atoms. The molecule has 2 atom stereocenters. The van der Waals surface area contributed by atoms with Crippen molar-refractivity contribution in [3.05, 3.63) is 41.2 Å². The zero-order valence-corrected chi connectivity index (χ0v) is 16.4. The lowest BCUT2D eigenvalue weighted by molar-refractivity contribution is -0.122. The summed E-state index contributed by atoms with van der Waals surface area (Å²) in [6.07, 6.45) is 2.41. The Balaban J connectivity index is 1.35. The zero-order valence-electron chi connectivity index (χ0n) is 16.4. The molecule has 0 spiro atoms. The van der Waals surface area contributed by atoms with Crippen LogP contribution in [-0.2, 0) is 17.8 Å². The smallest absolute Gasteiger partial charge is 0.534 e. The fourth-order valence-electron chi connectivity index (χ4n) is 3.63. The fourth-order valence-corrected chi connectivity index (χ4v) is 3.63. The van der Waals surface area contributed by atoms with Gasteiger partial charge >= 0.3 is 13.1 Å². The number of carboxylic acid groups (broad SMARTS) is 1. The van der Waals surface area contributed by atoms with Crippen LogP contribution in [0.3, 0.4) is 0 Å². The van der Waals surface area contributed by atoms with Crippen molar-refractivity contribution in [2.75, 3.05) is 13.1 Å². The maximum atomic E-state index is 12.4. The van der Waals surface area contributed by atoms with E-state index in [4.69, 9.17) is 4.65 Å². The summed E-state index contributed by atoms with van der Waals surface area (Å²) >= 11 is 0. The Kier molecular flexibility index (Phi) is 5.87. The molecule has 0 bridgehead atoms. The summed E-state index contributed by atoms with van der Waals surface area (Å²) in [6, 6.07) is 4.67. The lowest BCUT2D eigenvalue weighted by Gasteiger charge is -2.28. The topological polar surface area (TPSA) is 168 Å². The quantitative estimate of drug-likeness (QED) is 0.334. The van der Waals surface area contributed by atoms with Crippen LogP contribution in [0.15, 0.2) is 24.4 Å². The van der Waals surface area contributed by atoms with Gasteiger partial charge in [-0.1, -0.05) is 17.3 Å². The van der Waals surface area contributed by atoms with Crippen LogP contribution in [0.5, 0.6) is 5.75 Å². The summed E-state index contributed by atoms with van der Waals surface area (Å²) < 4.78 is 6.58. The Labute approximate surface area is 177 Å². The van der Waals surface area contributed by atoms with Gasteiger partial charge in [0.15, 0.2) is 5.69 Å². The first-order chi connectivity index (χ1) is 14.9. The highest BCUT2D eigenvalue weighted by molar-refractivity contribution is 6.47.